The van der Waals surface area contributed by atoms with Crippen LogP contribution in [0.5, 0.6) is 0 Å². The van der Waals surface area contributed by atoms with Gasteiger partial charge in [0.25, 0.3) is 0 Å². The van der Waals surface area contributed by atoms with E-state index in [1.807, 2.05) is 0 Å². The van der Waals surface area contributed by atoms with Crippen molar-refractivity contribution in [1.82, 2.24) is 4.81 Å². The third-order valence-corrected chi connectivity index (χ3v) is 5.78. The number of Topliss-reactive ketones (excluding diaryl/α,β-unsaturated/α-hetero) is 1. The number of methoxy groups -OCH3 is 1. The summed E-state index contributed by atoms with van der Waals surface area (Å²) < 4.78 is 4.72. The van der Waals surface area contributed by atoms with Crippen LogP contribution in [-0.4, -0.2) is 59.3 Å². The first kappa shape index (κ1) is 14.6. The highest BCUT2D eigenvalue weighted by Gasteiger charge is 2.75. The minimum Gasteiger partial charge on any atom is -0.467 e. The number of hydrogen-bond donors (Lipinski definition) is 1. The summed E-state index contributed by atoms with van der Waals surface area (Å²) in [6, 6.07) is 0. The Hall–Kier alpha value is -1.96. The van der Waals surface area contributed by atoms with Gasteiger partial charge in [0.2, 0.25) is 11.3 Å². The van der Waals surface area contributed by atoms with E-state index >= 15 is 0 Å². The van der Waals surface area contributed by atoms with Gasteiger partial charge in [-0.25, -0.2) is 4.79 Å². The molecule has 120 valence electrons. The van der Waals surface area contributed by atoms with Gasteiger partial charge in [0.1, 0.15) is 0 Å². The molecular formula is C15H17BN2O5. The van der Waals surface area contributed by atoms with Crippen LogP contribution in [0.25, 0.3) is 0 Å². The fourth-order valence-electron chi connectivity index (χ4n) is 4.55. The molecule has 0 aromatic rings. The van der Waals surface area contributed by atoms with E-state index in [1.54, 1.807) is 11.6 Å². The minimum absolute atomic E-state index is 0.168. The van der Waals surface area contributed by atoms with Gasteiger partial charge in [-0.2, -0.15) is 0 Å². The lowest BCUT2D eigenvalue weighted by Gasteiger charge is -2.33. The van der Waals surface area contributed by atoms with E-state index in [-0.39, 0.29) is 23.2 Å². The van der Waals surface area contributed by atoms with E-state index in [2.05, 4.69) is 4.99 Å². The van der Waals surface area contributed by atoms with E-state index in [0.29, 0.717) is 12.2 Å². The van der Waals surface area contributed by atoms with E-state index in [9.17, 15) is 19.4 Å². The summed E-state index contributed by atoms with van der Waals surface area (Å²) in [7, 11) is 0.484. The molecule has 1 saturated carbocycles. The zero-order chi connectivity index (χ0) is 16.7. The highest BCUT2D eigenvalue weighted by atomic mass is 16.5. The van der Waals surface area contributed by atoms with Crippen molar-refractivity contribution in [3.05, 3.63) is 11.8 Å². The van der Waals surface area contributed by atoms with Gasteiger partial charge < -0.3 is 14.6 Å². The minimum atomic E-state index is -1.64. The fourth-order valence-corrected chi connectivity index (χ4v) is 4.55. The third-order valence-electron chi connectivity index (χ3n) is 5.78. The molecule has 2 unspecified atom stereocenters. The lowest BCUT2D eigenvalue weighted by atomic mass is 9.71. The highest BCUT2D eigenvalue weighted by molar-refractivity contribution is 6.53. The van der Waals surface area contributed by atoms with Gasteiger partial charge in [0.15, 0.2) is 5.78 Å². The molecule has 2 heterocycles. The molecule has 7 nitrogen and oxygen atoms in total. The Morgan fingerprint density at radius 3 is 2.83 bits per heavy atom. The van der Waals surface area contributed by atoms with Crippen molar-refractivity contribution in [2.24, 2.45) is 22.2 Å². The number of ether oxygens (including phenoxy) is 1. The summed E-state index contributed by atoms with van der Waals surface area (Å²) in [5, 5.41) is 9.93. The van der Waals surface area contributed by atoms with Crippen molar-refractivity contribution in [1.29, 1.82) is 0 Å². The Balaban J connectivity index is 1.83. The highest BCUT2D eigenvalue weighted by Crippen LogP contribution is 2.70. The number of carbonyl (C=O) groups excluding carboxylic acids is 3. The summed E-state index contributed by atoms with van der Waals surface area (Å²) in [5.41, 5.74) is -1.24. The molecule has 8 heteroatoms. The van der Waals surface area contributed by atoms with Gasteiger partial charge in [0.05, 0.1) is 18.7 Å². The smallest absolute Gasteiger partial charge is 0.409 e. The average molecular weight is 316 g/mol. The number of ketones is 2. The summed E-state index contributed by atoms with van der Waals surface area (Å²) in [6.45, 7) is 3.67. The van der Waals surface area contributed by atoms with E-state index in [4.69, 9.17) is 4.74 Å². The number of allylic oxidation sites excluding steroid dienone is 2. The van der Waals surface area contributed by atoms with E-state index in [0.717, 1.165) is 6.42 Å². The van der Waals surface area contributed by atoms with Crippen LogP contribution in [-0.2, 0) is 19.1 Å². The largest absolute Gasteiger partial charge is 0.467 e. The molecule has 0 aromatic carbocycles. The number of aliphatic imine (C=N–C) groups is 1. The van der Waals surface area contributed by atoms with Crippen LogP contribution in [0.1, 0.15) is 13.3 Å². The topological polar surface area (TPSA) is 96.3 Å². The molecule has 2 aliphatic heterocycles. The summed E-state index contributed by atoms with van der Waals surface area (Å²) in [5.74, 6) is -1.95. The quantitative estimate of drug-likeness (QED) is 0.417. The van der Waals surface area contributed by atoms with Crippen LogP contribution in [0.2, 0.25) is 6.82 Å². The van der Waals surface area contributed by atoms with Crippen molar-refractivity contribution in [2.75, 3.05) is 13.7 Å². The predicted octanol–water partition coefficient (Wildman–Crippen LogP) is -0.543. The second-order valence-electron chi connectivity index (χ2n) is 6.98. The fraction of sp³-hybridized carbons (Fsp3) is 0.600. The van der Waals surface area contributed by atoms with Crippen LogP contribution in [0.15, 0.2) is 16.8 Å². The second kappa shape index (κ2) is 4.11. The monoisotopic (exact) mass is 316 g/mol. The molecule has 0 radical (unpaired) electrons. The molecule has 1 N–H and O–H groups in total. The normalized spacial score (nSPS) is 40.1. The first-order valence-electron chi connectivity index (χ1n) is 7.71. The molecule has 0 bridgehead atoms. The predicted molar refractivity (Wildman–Crippen MR) is 80.5 cm³/mol. The summed E-state index contributed by atoms with van der Waals surface area (Å²) in [6.07, 6.45) is 2.26. The van der Waals surface area contributed by atoms with Crippen LogP contribution < -0.4 is 0 Å². The SMILES string of the molecule is COC(=O)[C@]1(C)N=C2C(=O)C=C3N(B(C)O)C[C@H]4CC34C2C1=O. The third kappa shape index (κ3) is 1.50. The molecule has 1 spiro atoms. The van der Waals surface area contributed by atoms with Gasteiger partial charge in [-0.1, -0.05) is 0 Å². The van der Waals surface area contributed by atoms with Gasteiger partial charge in [-0.15, -0.1) is 0 Å². The molecule has 23 heavy (non-hydrogen) atoms. The van der Waals surface area contributed by atoms with Crippen LogP contribution >= 0.6 is 0 Å². The number of rotatable bonds is 2. The molecule has 2 aliphatic carbocycles. The molecule has 0 amide bonds. The maximum absolute atomic E-state index is 13.0. The number of hydrogen-bond acceptors (Lipinski definition) is 7. The number of nitrogens with zero attached hydrogens (tertiary/aromatic N) is 2. The number of carbonyl (C=O) groups is 3. The van der Waals surface area contributed by atoms with Crippen molar-refractivity contribution in [2.45, 2.75) is 25.7 Å². The number of piperidine rings is 1. The standard InChI is InChI=1S/C15H17BN2O5/c1-14(13(21)23-3)12(20)10-11(17-14)8(19)4-9-15(10)5-7(15)6-18(9)16(2)22/h4,7,10,22H,5-6H2,1-3H3/t7-,10?,14-,15?/m1/s1. The molecular weight excluding hydrogens is 299 g/mol. The molecule has 2 fully saturated rings. The molecule has 4 atom stereocenters. The lowest BCUT2D eigenvalue weighted by Crippen LogP contribution is -2.47. The molecule has 1 saturated heterocycles. The van der Waals surface area contributed by atoms with Gasteiger partial charge >= 0.3 is 13.0 Å². The summed E-state index contributed by atoms with van der Waals surface area (Å²) >= 11 is 0. The summed E-state index contributed by atoms with van der Waals surface area (Å²) in [4.78, 5) is 43.5. The average Bonchev–Trinajstić information content (AvgIpc) is 3.01. The Bertz CT molecular complexity index is 729. The maximum Gasteiger partial charge on any atom is 0.409 e. The number of fused-ring (bicyclic) bond motifs is 1. The second-order valence-corrected chi connectivity index (χ2v) is 6.98. The Morgan fingerprint density at radius 1 is 1.52 bits per heavy atom. The number of esters is 1. The maximum atomic E-state index is 13.0. The van der Waals surface area contributed by atoms with Crippen molar-refractivity contribution < 1.29 is 24.1 Å². The first-order chi connectivity index (χ1) is 10.8. The Kier molecular flexibility index (Phi) is 2.62. The van der Waals surface area contributed by atoms with Crippen molar-refractivity contribution in [3.63, 3.8) is 0 Å². The van der Waals surface area contributed by atoms with Crippen LogP contribution in [0.3, 0.4) is 0 Å². The van der Waals surface area contributed by atoms with Gasteiger partial charge in [-0.05, 0) is 26.1 Å². The van der Waals surface area contributed by atoms with Crippen molar-refractivity contribution >= 4 is 30.3 Å². The first-order valence-corrected chi connectivity index (χ1v) is 7.71. The zero-order valence-corrected chi connectivity index (χ0v) is 13.2. The van der Waals surface area contributed by atoms with Gasteiger partial charge in [-0.3, -0.25) is 14.6 Å². The zero-order valence-electron chi connectivity index (χ0n) is 13.2. The lowest BCUT2D eigenvalue weighted by molar-refractivity contribution is -0.150. The van der Waals surface area contributed by atoms with Gasteiger partial charge in [0, 0.05) is 23.7 Å². The van der Waals surface area contributed by atoms with Crippen molar-refractivity contribution in [3.8, 4) is 0 Å². The van der Waals surface area contributed by atoms with Crippen LogP contribution in [0, 0.1) is 17.3 Å². The van der Waals surface area contributed by atoms with Crippen LogP contribution in [0.4, 0.5) is 0 Å². The Labute approximate surface area is 133 Å². The molecule has 4 aliphatic rings. The Morgan fingerprint density at radius 2 is 2.22 bits per heavy atom. The van der Waals surface area contributed by atoms with E-state index < -0.39 is 29.9 Å². The molecule has 0 aromatic heterocycles. The van der Waals surface area contributed by atoms with E-state index in [1.165, 1.54) is 20.1 Å². The molecule has 4 rings (SSSR count).